The topological polar surface area (TPSA) is 54.4 Å². The number of rotatable bonds is 6. The second-order valence-electron chi connectivity index (χ2n) is 5.53. The van der Waals surface area contributed by atoms with Crippen LogP contribution in [-0.4, -0.2) is 21.0 Å². The van der Waals surface area contributed by atoms with Crippen molar-refractivity contribution in [3.8, 4) is 0 Å². The van der Waals surface area contributed by atoms with Gasteiger partial charge in [-0.05, 0) is 42.9 Å². The van der Waals surface area contributed by atoms with Gasteiger partial charge < -0.3 is 5.11 Å². The molecule has 0 aliphatic carbocycles. The van der Waals surface area contributed by atoms with Crippen LogP contribution in [0, 0.1) is 18.8 Å². The first-order valence-corrected chi connectivity index (χ1v) is 7.85. The van der Waals surface area contributed by atoms with Crippen LogP contribution < -0.4 is 0 Å². The fourth-order valence-corrected chi connectivity index (χ4v) is 3.52. The number of hydrogen-bond donors (Lipinski definition) is 1. The summed E-state index contributed by atoms with van der Waals surface area (Å²) in [5.41, 5.74) is 0.936. The SMILES string of the molecule is Cc1ccc(S(=O)CC(C)CC(C)C)cc1C(=O)O. The summed E-state index contributed by atoms with van der Waals surface area (Å²) in [7, 11) is -1.13. The zero-order valence-corrected chi connectivity index (χ0v) is 12.8. The molecule has 0 spiro atoms. The summed E-state index contributed by atoms with van der Waals surface area (Å²) in [5, 5.41) is 9.07. The van der Waals surface area contributed by atoms with Crippen LogP contribution in [0.3, 0.4) is 0 Å². The Bertz CT molecular complexity index is 480. The molecule has 0 radical (unpaired) electrons. The number of aromatic carboxylic acids is 1. The Balaban J connectivity index is 2.83. The van der Waals surface area contributed by atoms with E-state index in [1.165, 1.54) is 6.07 Å². The summed E-state index contributed by atoms with van der Waals surface area (Å²) in [6.45, 7) is 8.13. The third kappa shape index (κ3) is 4.78. The fourth-order valence-electron chi connectivity index (χ4n) is 2.20. The van der Waals surface area contributed by atoms with E-state index >= 15 is 0 Å². The molecule has 3 nitrogen and oxygen atoms in total. The molecule has 1 aromatic carbocycles. The Morgan fingerprint density at radius 3 is 2.47 bits per heavy atom. The summed E-state index contributed by atoms with van der Waals surface area (Å²) in [4.78, 5) is 11.7. The Morgan fingerprint density at radius 1 is 1.32 bits per heavy atom. The molecule has 106 valence electrons. The van der Waals surface area contributed by atoms with E-state index in [0.717, 1.165) is 6.42 Å². The highest BCUT2D eigenvalue weighted by Crippen LogP contribution is 2.18. The number of carbonyl (C=O) groups is 1. The minimum Gasteiger partial charge on any atom is -0.478 e. The van der Waals surface area contributed by atoms with Gasteiger partial charge in [-0.15, -0.1) is 0 Å². The highest BCUT2D eigenvalue weighted by molar-refractivity contribution is 7.85. The van der Waals surface area contributed by atoms with Gasteiger partial charge in [-0.1, -0.05) is 26.8 Å². The molecule has 1 N–H and O–H groups in total. The average molecular weight is 282 g/mol. The third-order valence-corrected chi connectivity index (χ3v) is 4.66. The molecule has 0 aromatic heterocycles. The van der Waals surface area contributed by atoms with Crippen LogP contribution in [0.2, 0.25) is 0 Å². The number of aryl methyl sites for hydroxylation is 1. The van der Waals surface area contributed by atoms with E-state index in [4.69, 9.17) is 5.11 Å². The van der Waals surface area contributed by atoms with E-state index in [1.54, 1.807) is 19.1 Å². The van der Waals surface area contributed by atoms with Crippen molar-refractivity contribution < 1.29 is 14.1 Å². The van der Waals surface area contributed by atoms with Crippen LogP contribution in [-0.2, 0) is 10.8 Å². The van der Waals surface area contributed by atoms with Gasteiger partial charge in [0.1, 0.15) is 0 Å². The molecule has 0 saturated carbocycles. The molecule has 2 unspecified atom stereocenters. The third-order valence-electron chi connectivity index (χ3n) is 3.01. The Hall–Kier alpha value is -1.16. The maximum atomic E-state index is 12.2. The van der Waals surface area contributed by atoms with Crippen LogP contribution in [0.5, 0.6) is 0 Å². The smallest absolute Gasteiger partial charge is 0.335 e. The largest absolute Gasteiger partial charge is 0.478 e. The van der Waals surface area contributed by atoms with Gasteiger partial charge in [0.2, 0.25) is 0 Å². The summed E-state index contributed by atoms with van der Waals surface area (Å²) < 4.78 is 12.2. The van der Waals surface area contributed by atoms with Crippen molar-refractivity contribution in [1.82, 2.24) is 0 Å². The van der Waals surface area contributed by atoms with Gasteiger partial charge in [-0.3, -0.25) is 4.21 Å². The lowest BCUT2D eigenvalue weighted by molar-refractivity contribution is 0.0696. The van der Waals surface area contributed by atoms with E-state index in [0.29, 0.717) is 28.0 Å². The minimum atomic E-state index is -1.13. The summed E-state index contributed by atoms with van der Waals surface area (Å²) in [5.74, 6) is 0.571. The van der Waals surface area contributed by atoms with Gasteiger partial charge in [-0.25, -0.2) is 4.79 Å². The van der Waals surface area contributed by atoms with Crippen molar-refractivity contribution in [2.24, 2.45) is 11.8 Å². The first-order chi connectivity index (χ1) is 8.81. The molecule has 0 bridgehead atoms. The lowest BCUT2D eigenvalue weighted by Crippen LogP contribution is -2.11. The molecule has 1 rings (SSSR count). The second kappa shape index (κ2) is 6.85. The molecule has 1 aromatic rings. The van der Waals surface area contributed by atoms with Crippen LogP contribution in [0.15, 0.2) is 23.1 Å². The molecule has 2 atom stereocenters. The number of hydrogen-bond acceptors (Lipinski definition) is 2. The van der Waals surface area contributed by atoms with Crippen LogP contribution in [0.25, 0.3) is 0 Å². The molecule has 0 aliphatic rings. The first-order valence-electron chi connectivity index (χ1n) is 6.53. The van der Waals surface area contributed by atoms with E-state index < -0.39 is 16.8 Å². The van der Waals surface area contributed by atoms with E-state index in [-0.39, 0.29) is 5.56 Å². The molecule has 0 heterocycles. The first kappa shape index (κ1) is 15.9. The number of benzene rings is 1. The lowest BCUT2D eigenvalue weighted by Gasteiger charge is -2.14. The molecule has 4 heteroatoms. The van der Waals surface area contributed by atoms with Crippen molar-refractivity contribution in [3.63, 3.8) is 0 Å². The van der Waals surface area contributed by atoms with Crippen molar-refractivity contribution in [2.45, 2.75) is 39.0 Å². The predicted octanol–water partition coefficient (Wildman–Crippen LogP) is 3.48. The number of carboxylic acid groups (broad SMARTS) is 1. The van der Waals surface area contributed by atoms with Crippen molar-refractivity contribution in [2.75, 3.05) is 5.75 Å². The summed E-state index contributed by atoms with van der Waals surface area (Å²) in [6.07, 6.45) is 1.03. The highest BCUT2D eigenvalue weighted by atomic mass is 32.2. The Morgan fingerprint density at radius 2 is 1.95 bits per heavy atom. The van der Waals surface area contributed by atoms with Crippen molar-refractivity contribution in [1.29, 1.82) is 0 Å². The summed E-state index contributed by atoms with van der Waals surface area (Å²) in [6, 6.07) is 5.03. The van der Waals surface area contributed by atoms with Gasteiger partial charge in [0.05, 0.1) is 16.4 Å². The van der Waals surface area contributed by atoms with Crippen LogP contribution in [0.4, 0.5) is 0 Å². The van der Waals surface area contributed by atoms with Gasteiger partial charge in [0.25, 0.3) is 0 Å². The predicted molar refractivity (Wildman–Crippen MR) is 78.0 cm³/mol. The van der Waals surface area contributed by atoms with Gasteiger partial charge in [0.15, 0.2) is 0 Å². The zero-order chi connectivity index (χ0) is 14.6. The maximum absolute atomic E-state index is 12.2. The standard InChI is InChI=1S/C15H22O3S/c1-10(2)7-11(3)9-19(18)13-6-5-12(4)14(8-13)15(16)17/h5-6,8,10-11H,7,9H2,1-4H3,(H,16,17). The monoisotopic (exact) mass is 282 g/mol. The molecule has 0 amide bonds. The molecule has 0 aliphatic heterocycles. The van der Waals surface area contributed by atoms with Crippen molar-refractivity contribution in [3.05, 3.63) is 29.3 Å². The molecule has 0 fully saturated rings. The van der Waals surface area contributed by atoms with Crippen molar-refractivity contribution >= 4 is 16.8 Å². The average Bonchev–Trinajstić information content (AvgIpc) is 2.27. The maximum Gasteiger partial charge on any atom is 0.335 e. The lowest BCUT2D eigenvalue weighted by atomic mass is 10.0. The zero-order valence-electron chi connectivity index (χ0n) is 12.0. The van der Waals surface area contributed by atoms with Gasteiger partial charge in [-0.2, -0.15) is 0 Å². The van der Waals surface area contributed by atoms with Gasteiger partial charge >= 0.3 is 5.97 Å². The Labute approximate surface area is 117 Å². The molecular formula is C15H22O3S. The summed E-state index contributed by atoms with van der Waals surface area (Å²) >= 11 is 0. The van der Waals surface area contributed by atoms with E-state index in [1.807, 2.05) is 0 Å². The molecule has 19 heavy (non-hydrogen) atoms. The number of carboxylic acids is 1. The quantitative estimate of drug-likeness (QED) is 0.869. The van der Waals surface area contributed by atoms with E-state index in [2.05, 4.69) is 20.8 Å². The normalized spacial score (nSPS) is 14.4. The van der Waals surface area contributed by atoms with Gasteiger partial charge in [0, 0.05) is 10.6 Å². The van der Waals surface area contributed by atoms with Crippen LogP contribution in [0.1, 0.15) is 43.1 Å². The highest BCUT2D eigenvalue weighted by Gasteiger charge is 2.14. The van der Waals surface area contributed by atoms with Crippen LogP contribution >= 0.6 is 0 Å². The molecule has 0 saturated heterocycles. The Kier molecular flexibility index (Phi) is 5.73. The van der Waals surface area contributed by atoms with E-state index in [9.17, 15) is 9.00 Å². The fraction of sp³-hybridized carbons (Fsp3) is 0.533. The molecular weight excluding hydrogens is 260 g/mol. The second-order valence-corrected chi connectivity index (χ2v) is 7.02. The minimum absolute atomic E-state index is 0.238.